The van der Waals surface area contributed by atoms with E-state index in [0.29, 0.717) is 23.1 Å². The molecule has 12 nitrogen and oxygen atoms in total. The Morgan fingerprint density at radius 1 is 1.24 bits per heavy atom. The first-order valence-corrected chi connectivity index (χ1v) is 13.6. The van der Waals surface area contributed by atoms with Crippen LogP contribution in [0.4, 0.5) is 0 Å². The number of phenolic OH excluding ortho intramolecular Hbond substituents is 1. The summed E-state index contributed by atoms with van der Waals surface area (Å²) in [4.78, 5) is 44.4. The lowest BCUT2D eigenvalue weighted by Crippen LogP contribution is -2.67. The van der Waals surface area contributed by atoms with Crippen LogP contribution in [0.2, 0.25) is 0 Å². The molecule has 1 aromatic carbocycles. The zero-order valence-electron chi connectivity index (χ0n) is 23.4. The molecule has 5 rings (SSSR count). The summed E-state index contributed by atoms with van der Waals surface area (Å²) in [6, 6.07) is 3.98. The fourth-order valence-corrected chi connectivity index (χ4v) is 6.73. The standard InChI is InChI=1S/C30H33N5O7/c1-4-13-8-16(12-34-29(41)14-6-5-7-33-11-14)23(36)20-17(13)9-15-10-18-22(35(2)3)25(38)21(28(32)40)26(31)30(18,42)27(39)19(15)24(20)37/h5-8,11,15,18,22,31,36-38,42H,4,9-10,12H2,1-3H3,(H2,32,40)(H,34,41)/t15-,18-,22-,30+/m0/s1. The first kappa shape index (κ1) is 29.0. The number of aromatic nitrogens is 1. The van der Waals surface area contributed by atoms with Crippen molar-refractivity contribution in [1.29, 1.82) is 5.41 Å². The number of amides is 2. The van der Waals surface area contributed by atoms with E-state index in [9.17, 15) is 34.8 Å². The molecule has 0 spiro atoms. The number of carbonyl (C=O) groups excluding carboxylic acids is 3. The highest BCUT2D eigenvalue weighted by Gasteiger charge is 2.63. The quantitative estimate of drug-likeness (QED) is 0.264. The number of Topliss-reactive ketones (excluding diaryl/α,β-unsaturated/α-hetero) is 1. The number of fused-ring (bicyclic) bond motifs is 3. The fourth-order valence-electron chi connectivity index (χ4n) is 6.73. The molecule has 3 aliphatic carbocycles. The number of nitrogens with zero attached hydrogens (tertiary/aromatic N) is 2. The van der Waals surface area contributed by atoms with Crippen LogP contribution in [0.3, 0.4) is 0 Å². The number of hydrogen-bond donors (Lipinski definition) is 7. The molecule has 2 aromatic rings. The van der Waals surface area contributed by atoms with Crippen molar-refractivity contribution in [2.24, 2.45) is 17.6 Å². The number of rotatable bonds is 6. The number of aryl methyl sites for hydroxylation is 1. The van der Waals surface area contributed by atoms with E-state index >= 15 is 0 Å². The first-order chi connectivity index (χ1) is 19.8. The number of aliphatic hydroxyl groups excluding tert-OH is 2. The van der Waals surface area contributed by atoms with Gasteiger partial charge in [-0.15, -0.1) is 0 Å². The number of benzene rings is 1. The molecule has 42 heavy (non-hydrogen) atoms. The number of pyridine rings is 1. The highest BCUT2D eigenvalue weighted by Crippen LogP contribution is 2.52. The number of aliphatic hydroxyl groups is 3. The summed E-state index contributed by atoms with van der Waals surface area (Å²) in [6.07, 6.45) is 3.81. The van der Waals surface area contributed by atoms with Crippen LogP contribution in [0.1, 0.15) is 46.0 Å². The number of nitrogens with one attached hydrogen (secondary N) is 2. The van der Waals surface area contributed by atoms with Gasteiger partial charge in [0.1, 0.15) is 22.8 Å². The third kappa shape index (κ3) is 4.17. The maximum atomic E-state index is 14.1. The van der Waals surface area contributed by atoms with Gasteiger partial charge >= 0.3 is 0 Å². The molecule has 8 N–H and O–H groups in total. The van der Waals surface area contributed by atoms with Gasteiger partial charge in [-0.2, -0.15) is 0 Å². The van der Waals surface area contributed by atoms with Crippen molar-refractivity contribution in [2.45, 2.75) is 44.4 Å². The summed E-state index contributed by atoms with van der Waals surface area (Å²) in [7, 11) is 3.22. The zero-order chi connectivity index (χ0) is 30.7. The second-order valence-corrected chi connectivity index (χ2v) is 11.2. The van der Waals surface area contributed by atoms with Crippen molar-refractivity contribution in [2.75, 3.05) is 14.1 Å². The first-order valence-electron chi connectivity index (χ1n) is 13.6. The predicted octanol–water partition coefficient (Wildman–Crippen LogP) is 1.30. The monoisotopic (exact) mass is 575 g/mol. The Morgan fingerprint density at radius 2 is 1.95 bits per heavy atom. The van der Waals surface area contributed by atoms with E-state index < -0.39 is 63.9 Å². The fraction of sp³-hybridized carbons (Fsp3) is 0.367. The number of nitrogens with two attached hydrogens (primary N) is 1. The molecule has 1 saturated carbocycles. The average Bonchev–Trinajstić information content (AvgIpc) is 2.94. The molecule has 0 unspecified atom stereocenters. The predicted molar refractivity (Wildman–Crippen MR) is 152 cm³/mol. The summed E-state index contributed by atoms with van der Waals surface area (Å²) in [5.41, 5.74) is 3.37. The van der Waals surface area contributed by atoms with E-state index in [0.717, 1.165) is 5.56 Å². The van der Waals surface area contributed by atoms with Gasteiger partial charge in [-0.05, 0) is 62.5 Å². The van der Waals surface area contributed by atoms with E-state index in [2.05, 4.69) is 10.3 Å². The normalized spacial score (nSPS) is 25.2. The molecule has 1 aromatic heterocycles. The molecule has 1 heterocycles. The summed E-state index contributed by atoms with van der Waals surface area (Å²) in [5.74, 6) is -5.52. The molecule has 220 valence electrons. The number of aromatic hydroxyl groups is 1. The third-order valence-electron chi connectivity index (χ3n) is 8.69. The Labute approximate surface area is 241 Å². The second kappa shape index (κ2) is 10.4. The molecule has 12 heteroatoms. The lowest BCUT2D eigenvalue weighted by molar-refractivity contribution is -0.138. The second-order valence-electron chi connectivity index (χ2n) is 11.2. The van der Waals surface area contributed by atoms with Crippen molar-refractivity contribution in [3.05, 3.63) is 75.3 Å². The lowest BCUT2D eigenvalue weighted by Gasteiger charge is -2.51. The molecule has 0 radical (unpaired) electrons. The summed E-state index contributed by atoms with van der Waals surface area (Å²) >= 11 is 0. The number of carbonyl (C=O) groups is 3. The van der Waals surface area contributed by atoms with Gasteiger partial charge < -0.3 is 36.9 Å². The van der Waals surface area contributed by atoms with Crippen LogP contribution in [0.15, 0.2) is 47.5 Å². The van der Waals surface area contributed by atoms with Gasteiger partial charge in [0, 0.05) is 36.0 Å². The highest BCUT2D eigenvalue weighted by molar-refractivity contribution is 6.33. The summed E-state index contributed by atoms with van der Waals surface area (Å²) < 4.78 is 0. The molecule has 1 fully saturated rings. The van der Waals surface area contributed by atoms with E-state index in [-0.39, 0.29) is 36.3 Å². The van der Waals surface area contributed by atoms with Crippen molar-refractivity contribution < 1.29 is 34.8 Å². The number of hydrogen-bond acceptors (Lipinski definition) is 10. The van der Waals surface area contributed by atoms with Gasteiger partial charge in [0.15, 0.2) is 5.60 Å². The molecule has 2 amide bonds. The number of likely N-dealkylation sites (N-methyl/N-ethyl adjacent to an activating group) is 1. The molecular formula is C30H33N5O7. The lowest BCUT2D eigenvalue weighted by atomic mass is 9.56. The molecule has 4 atom stereocenters. The van der Waals surface area contributed by atoms with E-state index in [1.165, 1.54) is 12.4 Å². The maximum absolute atomic E-state index is 14.1. The molecule has 0 saturated heterocycles. The van der Waals surface area contributed by atoms with Gasteiger partial charge in [-0.25, -0.2) is 0 Å². The molecule has 0 aliphatic heterocycles. The van der Waals surface area contributed by atoms with Gasteiger partial charge in [-0.1, -0.05) is 13.0 Å². The van der Waals surface area contributed by atoms with Crippen LogP contribution < -0.4 is 11.1 Å². The van der Waals surface area contributed by atoms with Crippen LogP contribution in [0.25, 0.3) is 5.76 Å². The zero-order valence-corrected chi connectivity index (χ0v) is 23.4. The van der Waals surface area contributed by atoms with Crippen LogP contribution in [-0.4, -0.2) is 79.4 Å². The van der Waals surface area contributed by atoms with E-state index in [1.807, 2.05) is 6.92 Å². The van der Waals surface area contributed by atoms with Gasteiger partial charge in [0.25, 0.3) is 11.8 Å². The Bertz CT molecular complexity index is 1600. The smallest absolute Gasteiger partial charge is 0.254 e. The topological polar surface area (TPSA) is 210 Å². The van der Waals surface area contributed by atoms with Crippen molar-refractivity contribution in [1.82, 2.24) is 15.2 Å². The van der Waals surface area contributed by atoms with E-state index in [4.69, 9.17) is 11.1 Å². The number of phenols is 1. The van der Waals surface area contributed by atoms with Crippen LogP contribution in [-0.2, 0) is 29.0 Å². The Morgan fingerprint density at radius 3 is 2.55 bits per heavy atom. The average molecular weight is 576 g/mol. The third-order valence-corrected chi connectivity index (χ3v) is 8.69. The van der Waals surface area contributed by atoms with E-state index in [1.54, 1.807) is 37.2 Å². The maximum Gasteiger partial charge on any atom is 0.254 e. The highest BCUT2D eigenvalue weighted by atomic mass is 16.3. The van der Waals surface area contributed by atoms with Gasteiger partial charge in [0.2, 0.25) is 5.78 Å². The Balaban J connectivity index is 1.60. The summed E-state index contributed by atoms with van der Waals surface area (Å²) in [5, 5.41) is 57.0. The molecule has 0 bridgehead atoms. The number of ketones is 1. The molecule has 3 aliphatic rings. The minimum absolute atomic E-state index is 0.0293. The minimum atomic E-state index is -2.55. The van der Waals surface area contributed by atoms with Crippen molar-refractivity contribution in [3.8, 4) is 5.75 Å². The molecular weight excluding hydrogens is 542 g/mol. The van der Waals surface area contributed by atoms with Gasteiger partial charge in [0.05, 0.1) is 22.9 Å². The minimum Gasteiger partial charge on any atom is -0.510 e. The Hall–Kier alpha value is -4.55. The van der Waals surface area contributed by atoms with Gasteiger partial charge in [-0.3, -0.25) is 24.3 Å². The Kier molecular flexibility index (Phi) is 7.15. The van der Waals surface area contributed by atoms with Crippen LogP contribution in [0.5, 0.6) is 5.75 Å². The van der Waals surface area contributed by atoms with Crippen LogP contribution in [0, 0.1) is 17.2 Å². The van der Waals surface area contributed by atoms with Crippen molar-refractivity contribution >= 4 is 29.1 Å². The number of primary amides is 1. The van der Waals surface area contributed by atoms with Crippen molar-refractivity contribution in [3.63, 3.8) is 0 Å². The SMILES string of the molecule is CCc1cc(CNC(=O)c2cccnc2)c(O)c2c1C[C@H]1C[C@H]3[C@H](N(C)C)C(O)=C(C(N)=O)C(=N)[C@@]3(O)C(=O)C1=C2O. The van der Waals surface area contributed by atoms with Crippen LogP contribution >= 0.6 is 0 Å². The largest absolute Gasteiger partial charge is 0.510 e. The summed E-state index contributed by atoms with van der Waals surface area (Å²) in [6.45, 7) is 1.83.